The molecule has 0 atom stereocenters. The Balaban J connectivity index is 2.99. The van der Waals surface area contributed by atoms with Crippen LogP contribution in [0.5, 0.6) is 5.75 Å². The second-order valence-electron chi connectivity index (χ2n) is 4.44. The van der Waals surface area contributed by atoms with Gasteiger partial charge in [0.15, 0.2) is 5.11 Å². The fraction of sp³-hybridized carbons (Fsp3) is 0.385. The monoisotopic (exact) mass is 333 g/mol. The van der Waals surface area contributed by atoms with E-state index in [-0.39, 0.29) is 16.8 Å². The Morgan fingerprint density at radius 3 is 2.60 bits per heavy atom. The van der Waals surface area contributed by atoms with E-state index in [4.69, 9.17) is 35.4 Å². The van der Waals surface area contributed by atoms with Crippen LogP contribution in [0, 0.1) is 0 Å². The molecule has 110 valence electrons. The number of nitrogens with zero attached hydrogens (tertiary/aromatic N) is 1. The molecule has 0 radical (unpaired) electrons. The van der Waals surface area contributed by atoms with Gasteiger partial charge in [-0.25, -0.2) is 0 Å². The third-order valence-corrected chi connectivity index (χ3v) is 3.10. The summed E-state index contributed by atoms with van der Waals surface area (Å²) in [6, 6.07) is 3.31. The van der Waals surface area contributed by atoms with Crippen molar-refractivity contribution >= 4 is 46.2 Å². The number of aromatic hydroxyl groups is 1. The lowest BCUT2D eigenvalue weighted by molar-refractivity contribution is 0.474. The summed E-state index contributed by atoms with van der Waals surface area (Å²) in [4.78, 5) is 0. The van der Waals surface area contributed by atoms with E-state index >= 15 is 0 Å². The summed E-state index contributed by atoms with van der Waals surface area (Å²) in [5.74, 6) is -0.0406. The van der Waals surface area contributed by atoms with Crippen LogP contribution in [0.1, 0.15) is 32.8 Å². The predicted octanol–water partition coefficient (Wildman–Crippen LogP) is 3.69. The Kier molecular flexibility index (Phi) is 6.52. The maximum Gasteiger partial charge on any atom is 0.187 e. The molecule has 1 rings (SSSR count). The standard InChI is InChI=1S/C13H17Cl2N3OS/c1-4-11(17-18-13(20)16-7(2)3)9-5-8(14)6-10(15)12(9)19/h5-7,19H,4H2,1-3H3,(H2,16,18,20)/b17-11+. The third-order valence-electron chi connectivity index (χ3n) is 2.39. The highest BCUT2D eigenvalue weighted by atomic mass is 35.5. The molecule has 0 saturated heterocycles. The van der Waals surface area contributed by atoms with Gasteiger partial charge in [-0.05, 0) is 44.6 Å². The summed E-state index contributed by atoms with van der Waals surface area (Å²) in [7, 11) is 0. The molecule has 0 saturated carbocycles. The van der Waals surface area contributed by atoms with E-state index in [0.717, 1.165) is 0 Å². The van der Waals surface area contributed by atoms with E-state index in [1.807, 2.05) is 20.8 Å². The molecule has 1 aromatic carbocycles. The van der Waals surface area contributed by atoms with E-state index in [0.29, 0.717) is 27.8 Å². The van der Waals surface area contributed by atoms with E-state index < -0.39 is 0 Å². The SMILES string of the molecule is CC/C(=N\NC(=S)NC(C)C)c1cc(Cl)cc(Cl)c1O. The Bertz CT molecular complexity index is 533. The molecular formula is C13H17Cl2N3OS. The van der Waals surface area contributed by atoms with Crippen LogP contribution < -0.4 is 10.7 Å². The van der Waals surface area contributed by atoms with Crippen molar-refractivity contribution < 1.29 is 5.11 Å². The maximum absolute atomic E-state index is 9.99. The lowest BCUT2D eigenvalue weighted by Gasteiger charge is -2.12. The normalized spacial score (nSPS) is 11.6. The summed E-state index contributed by atoms with van der Waals surface area (Å²) in [6.45, 7) is 5.86. The number of hydrogen-bond donors (Lipinski definition) is 3. The highest BCUT2D eigenvalue weighted by Crippen LogP contribution is 2.32. The quantitative estimate of drug-likeness (QED) is 0.447. The van der Waals surface area contributed by atoms with Gasteiger partial charge in [0.1, 0.15) is 5.75 Å². The van der Waals surface area contributed by atoms with Gasteiger partial charge in [0.25, 0.3) is 0 Å². The van der Waals surface area contributed by atoms with Crippen molar-refractivity contribution in [3.05, 3.63) is 27.7 Å². The Hall–Kier alpha value is -1.04. The van der Waals surface area contributed by atoms with Gasteiger partial charge in [0.05, 0.1) is 10.7 Å². The van der Waals surface area contributed by atoms with Crippen molar-refractivity contribution in [2.24, 2.45) is 5.10 Å². The maximum atomic E-state index is 9.99. The van der Waals surface area contributed by atoms with E-state index in [1.54, 1.807) is 6.07 Å². The predicted molar refractivity (Wildman–Crippen MR) is 89.0 cm³/mol. The van der Waals surface area contributed by atoms with Gasteiger partial charge >= 0.3 is 0 Å². The van der Waals surface area contributed by atoms with Crippen LogP contribution in [-0.2, 0) is 0 Å². The highest BCUT2D eigenvalue weighted by Gasteiger charge is 2.12. The molecule has 4 nitrogen and oxygen atoms in total. The molecule has 0 heterocycles. The minimum atomic E-state index is -0.0406. The molecule has 0 fully saturated rings. The molecule has 0 spiro atoms. The van der Waals surface area contributed by atoms with E-state index in [1.165, 1.54) is 6.07 Å². The molecule has 0 bridgehead atoms. The molecule has 20 heavy (non-hydrogen) atoms. The topological polar surface area (TPSA) is 56.7 Å². The number of rotatable bonds is 4. The van der Waals surface area contributed by atoms with Crippen molar-refractivity contribution in [1.29, 1.82) is 0 Å². The second-order valence-corrected chi connectivity index (χ2v) is 5.69. The van der Waals surface area contributed by atoms with E-state index in [2.05, 4.69) is 15.8 Å². The van der Waals surface area contributed by atoms with Crippen LogP contribution >= 0.6 is 35.4 Å². The molecule has 0 aliphatic carbocycles. The van der Waals surface area contributed by atoms with Crippen molar-refractivity contribution in [2.75, 3.05) is 0 Å². The van der Waals surface area contributed by atoms with Gasteiger partial charge in [-0.2, -0.15) is 5.10 Å². The van der Waals surface area contributed by atoms with Crippen LogP contribution in [-0.4, -0.2) is 22.0 Å². The Morgan fingerprint density at radius 1 is 1.40 bits per heavy atom. The number of thiocarbonyl (C=S) groups is 1. The Labute approximate surface area is 134 Å². The van der Waals surface area contributed by atoms with Gasteiger partial charge in [-0.15, -0.1) is 0 Å². The van der Waals surface area contributed by atoms with Crippen LogP contribution in [0.3, 0.4) is 0 Å². The second kappa shape index (κ2) is 7.67. The molecule has 1 aromatic rings. The first-order valence-corrected chi connectivity index (χ1v) is 7.33. The molecule has 0 amide bonds. The fourth-order valence-electron chi connectivity index (χ4n) is 1.53. The number of hydrazone groups is 1. The molecule has 0 aliphatic rings. The van der Waals surface area contributed by atoms with Crippen molar-refractivity contribution in [2.45, 2.75) is 33.2 Å². The first kappa shape index (κ1) is 17.0. The van der Waals surface area contributed by atoms with Gasteiger partial charge in [0, 0.05) is 16.6 Å². The summed E-state index contributed by atoms with van der Waals surface area (Å²) >= 11 is 16.9. The molecule has 0 unspecified atom stereocenters. The Morgan fingerprint density at radius 2 is 2.05 bits per heavy atom. The zero-order valence-corrected chi connectivity index (χ0v) is 13.8. The zero-order valence-electron chi connectivity index (χ0n) is 11.5. The minimum Gasteiger partial charge on any atom is -0.506 e. The molecule has 0 aliphatic heterocycles. The third kappa shape index (κ3) is 4.81. The summed E-state index contributed by atoms with van der Waals surface area (Å²) in [5.41, 5.74) is 3.84. The first-order chi connectivity index (χ1) is 9.35. The van der Waals surface area contributed by atoms with Crippen molar-refractivity contribution in [3.8, 4) is 5.75 Å². The number of phenols is 1. The summed E-state index contributed by atoms with van der Waals surface area (Å²) in [5, 5.41) is 18.2. The molecular weight excluding hydrogens is 317 g/mol. The fourth-order valence-corrected chi connectivity index (χ4v) is 2.30. The number of hydrogen-bond acceptors (Lipinski definition) is 3. The largest absolute Gasteiger partial charge is 0.506 e. The number of halogens is 2. The van der Waals surface area contributed by atoms with Crippen LogP contribution in [0.15, 0.2) is 17.2 Å². The van der Waals surface area contributed by atoms with E-state index in [9.17, 15) is 5.11 Å². The van der Waals surface area contributed by atoms with Crippen molar-refractivity contribution in [1.82, 2.24) is 10.7 Å². The molecule has 3 N–H and O–H groups in total. The highest BCUT2D eigenvalue weighted by molar-refractivity contribution is 7.80. The van der Waals surface area contributed by atoms with Crippen LogP contribution in [0.2, 0.25) is 10.0 Å². The smallest absolute Gasteiger partial charge is 0.187 e. The van der Waals surface area contributed by atoms with Gasteiger partial charge in [-0.3, -0.25) is 5.43 Å². The van der Waals surface area contributed by atoms with Gasteiger partial charge in [-0.1, -0.05) is 30.1 Å². The van der Waals surface area contributed by atoms with Gasteiger partial charge < -0.3 is 10.4 Å². The summed E-state index contributed by atoms with van der Waals surface area (Å²) in [6.07, 6.45) is 0.585. The minimum absolute atomic E-state index is 0.0406. The molecule has 7 heteroatoms. The lowest BCUT2D eigenvalue weighted by Crippen LogP contribution is -2.37. The van der Waals surface area contributed by atoms with Crippen LogP contribution in [0.25, 0.3) is 0 Å². The first-order valence-electron chi connectivity index (χ1n) is 6.16. The average molecular weight is 334 g/mol. The average Bonchev–Trinajstić information content (AvgIpc) is 2.34. The number of nitrogens with one attached hydrogen (secondary N) is 2. The molecule has 0 aromatic heterocycles. The lowest BCUT2D eigenvalue weighted by atomic mass is 10.1. The number of benzene rings is 1. The van der Waals surface area contributed by atoms with Crippen molar-refractivity contribution in [3.63, 3.8) is 0 Å². The van der Waals surface area contributed by atoms with Gasteiger partial charge in [0.2, 0.25) is 0 Å². The zero-order chi connectivity index (χ0) is 15.3. The number of phenolic OH excluding ortho intramolecular Hbond substituents is 1. The summed E-state index contributed by atoms with van der Waals surface area (Å²) < 4.78 is 0. The van der Waals surface area contributed by atoms with Crippen LogP contribution in [0.4, 0.5) is 0 Å².